The number of hydrogen-bond acceptors (Lipinski definition) is 3. The van der Waals surface area contributed by atoms with Gasteiger partial charge < -0.3 is 10.2 Å². The summed E-state index contributed by atoms with van der Waals surface area (Å²) in [6, 6.07) is 4.91. The van der Waals surface area contributed by atoms with Crippen molar-refractivity contribution in [1.29, 1.82) is 0 Å². The number of piperidine rings is 1. The average Bonchev–Trinajstić information content (AvgIpc) is 2.47. The second-order valence-corrected chi connectivity index (χ2v) is 6.99. The van der Waals surface area contributed by atoms with Crippen LogP contribution >= 0.6 is 0 Å². The summed E-state index contributed by atoms with van der Waals surface area (Å²) < 4.78 is 0. The summed E-state index contributed by atoms with van der Waals surface area (Å²) in [5.41, 5.74) is 0.989. The fourth-order valence-corrected chi connectivity index (χ4v) is 2.83. The van der Waals surface area contributed by atoms with Gasteiger partial charge in [0.25, 0.3) is 0 Å². The van der Waals surface area contributed by atoms with Gasteiger partial charge in [-0.15, -0.1) is 0 Å². The van der Waals surface area contributed by atoms with E-state index in [2.05, 4.69) is 29.4 Å². The molecule has 1 N–H and O–H groups in total. The molecule has 0 aliphatic carbocycles. The molecule has 0 radical (unpaired) electrons. The van der Waals surface area contributed by atoms with Gasteiger partial charge in [-0.05, 0) is 37.5 Å². The highest BCUT2D eigenvalue weighted by Gasteiger charge is 2.30. The molecule has 0 bridgehead atoms. The molecule has 1 fully saturated rings. The van der Waals surface area contributed by atoms with Gasteiger partial charge in [-0.1, -0.05) is 20.8 Å². The summed E-state index contributed by atoms with van der Waals surface area (Å²) in [4.78, 5) is 18.3. The lowest BCUT2D eigenvalue weighted by atomic mass is 9.92. The Labute approximate surface area is 127 Å². The molecule has 4 nitrogen and oxygen atoms in total. The number of carbonyl (C=O) groups excluding carboxylic acids is 1. The lowest BCUT2D eigenvalue weighted by Gasteiger charge is -2.37. The third-order valence-corrected chi connectivity index (χ3v) is 4.12. The van der Waals surface area contributed by atoms with Crippen LogP contribution in [0.1, 0.15) is 52.1 Å². The summed E-state index contributed by atoms with van der Waals surface area (Å²) in [5.74, 6) is 0.267. The summed E-state index contributed by atoms with van der Waals surface area (Å²) >= 11 is 0. The number of hydrogen-bond donors (Lipinski definition) is 1. The van der Waals surface area contributed by atoms with E-state index in [4.69, 9.17) is 0 Å². The van der Waals surface area contributed by atoms with E-state index < -0.39 is 0 Å². The van der Waals surface area contributed by atoms with Gasteiger partial charge in [0.2, 0.25) is 5.91 Å². The smallest absolute Gasteiger partial charge is 0.227 e. The first kappa shape index (κ1) is 16.0. The summed E-state index contributed by atoms with van der Waals surface area (Å²) in [6.07, 6.45) is 5.71. The normalized spacial score (nSPS) is 18.6. The molecule has 116 valence electrons. The van der Waals surface area contributed by atoms with E-state index in [0.29, 0.717) is 12.1 Å². The van der Waals surface area contributed by atoms with Crippen LogP contribution in [-0.2, 0) is 4.79 Å². The minimum absolute atomic E-state index is 0.267. The van der Waals surface area contributed by atoms with Crippen molar-refractivity contribution in [3.05, 3.63) is 30.1 Å². The van der Waals surface area contributed by atoms with Crippen LogP contribution in [0, 0.1) is 5.41 Å². The van der Waals surface area contributed by atoms with Gasteiger partial charge in [0.15, 0.2) is 0 Å². The number of pyridine rings is 1. The highest BCUT2D eigenvalue weighted by atomic mass is 16.2. The van der Waals surface area contributed by atoms with E-state index in [9.17, 15) is 4.79 Å². The maximum absolute atomic E-state index is 12.3. The molecule has 0 aromatic carbocycles. The van der Waals surface area contributed by atoms with E-state index >= 15 is 0 Å². The zero-order chi connectivity index (χ0) is 15.5. The quantitative estimate of drug-likeness (QED) is 0.930. The Morgan fingerprint density at radius 2 is 1.86 bits per heavy atom. The van der Waals surface area contributed by atoms with E-state index in [0.717, 1.165) is 25.9 Å². The molecule has 1 amide bonds. The van der Waals surface area contributed by atoms with Crippen molar-refractivity contribution < 1.29 is 4.79 Å². The van der Waals surface area contributed by atoms with E-state index in [1.807, 2.05) is 38.1 Å². The number of nitrogens with one attached hydrogen (secondary N) is 1. The monoisotopic (exact) mass is 289 g/mol. The maximum Gasteiger partial charge on any atom is 0.227 e. The van der Waals surface area contributed by atoms with Crippen LogP contribution in [0.2, 0.25) is 0 Å². The van der Waals surface area contributed by atoms with Crippen LogP contribution in [0.4, 0.5) is 0 Å². The molecular weight excluding hydrogens is 262 g/mol. The third-order valence-electron chi connectivity index (χ3n) is 4.12. The molecule has 2 rings (SSSR count). The fraction of sp³-hybridized carbons (Fsp3) is 0.647. The Kier molecular flexibility index (Phi) is 4.99. The van der Waals surface area contributed by atoms with Crippen LogP contribution in [-0.4, -0.2) is 34.9 Å². The molecule has 4 heteroatoms. The molecule has 1 aliphatic rings. The van der Waals surface area contributed by atoms with Crippen molar-refractivity contribution in [3.8, 4) is 0 Å². The van der Waals surface area contributed by atoms with Crippen molar-refractivity contribution in [2.24, 2.45) is 5.41 Å². The molecule has 1 saturated heterocycles. The average molecular weight is 289 g/mol. The minimum atomic E-state index is -0.273. The molecule has 0 saturated carbocycles. The van der Waals surface area contributed by atoms with E-state index in [-0.39, 0.29) is 11.3 Å². The second-order valence-electron chi connectivity index (χ2n) is 6.99. The number of carbonyl (C=O) groups is 1. The minimum Gasteiger partial charge on any atom is -0.342 e. The maximum atomic E-state index is 12.3. The molecule has 1 aliphatic heterocycles. The Balaban J connectivity index is 1.83. The Morgan fingerprint density at radius 3 is 2.38 bits per heavy atom. The van der Waals surface area contributed by atoms with Gasteiger partial charge in [-0.3, -0.25) is 9.78 Å². The highest BCUT2D eigenvalue weighted by Crippen LogP contribution is 2.22. The molecule has 2 heterocycles. The largest absolute Gasteiger partial charge is 0.342 e. The number of nitrogens with zero attached hydrogens (tertiary/aromatic N) is 2. The van der Waals surface area contributed by atoms with Crippen LogP contribution in [0.5, 0.6) is 0 Å². The fourth-order valence-electron chi connectivity index (χ4n) is 2.83. The number of likely N-dealkylation sites (tertiary alicyclic amines) is 1. The molecule has 1 unspecified atom stereocenters. The first-order valence-corrected chi connectivity index (χ1v) is 7.83. The lowest BCUT2D eigenvalue weighted by molar-refractivity contribution is -0.140. The zero-order valence-corrected chi connectivity index (χ0v) is 13.6. The molecule has 1 atom stereocenters. The van der Waals surface area contributed by atoms with Gasteiger partial charge >= 0.3 is 0 Å². The summed E-state index contributed by atoms with van der Waals surface area (Å²) in [5, 5.41) is 3.67. The van der Waals surface area contributed by atoms with Crippen LogP contribution < -0.4 is 5.32 Å². The number of rotatable bonds is 3. The first-order valence-electron chi connectivity index (χ1n) is 7.83. The van der Waals surface area contributed by atoms with Crippen molar-refractivity contribution in [3.63, 3.8) is 0 Å². The predicted octanol–water partition coefficient (Wildman–Crippen LogP) is 2.77. The summed E-state index contributed by atoms with van der Waals surface area (Å²) in [7, 11) is 0. The van der Waals surface area contributed by atoms with Gasteiger partial charge in [0.1, 0.15) is 0 Å². The Hall–Kier alpha value is -1.42. The molecule has 0 spiro atoms. The number of amides is 1. The van der Waals surface area contributed by atoms with Crippen molar-refractivity contribution in [2.45, 2.75) is 52.6 Å². The second kappa shape index (κ2) is 6.56. The van der Waals surface area contributed by atoms with Gasteiger partial charge in [-0.25, -0.2) is 0 Å². The van der Waals surface area contributed by atoms with Crippen LogP contribution in [0.25, 0.3) is 0 Å². The van der Waals surface area contributed by atoms with Crippen molar-refractivity contribution in [1.82, 2.24) is 15.2 Å². The summed E-state index contributed by atoms with van der Waals surface area (Å²) in [6.45, 7) is 9.87. The highest BCUT2D eigenvalue weighted by molar-refractivity contribution is 5.81. The van der Waals surface area contributed by atoms with E-state index in [1.165, 1.54) is 5.56 Å². The number of aromatic nitrogens is 1. The van der Waals surface area contributed by atoms with Crippen LogP contribution in [0.3, 0.4) is 0 Å². The topological polar surface area (TPSA) is 45.2 Å². The van der Waals surface area contributed by atoms with Crippen LogP contribution in [0.15, 0.2) is 24.5 Å². The first-order chi connectivity index (χ1) is 9.88. The van der Waals surface area contributed by atoms with Gasteiger partial charge in [0, 0.05) is 43.0 Å². The Morgan fingerprint density at radius 1 is 1.29 bits per heavy atom. The molecule has 1 aromatic heterocycles. The molecule has 1 aromatic rings. The zero-order valence-electron chi connectivity index (χ0n) is 13.6. The Bertz CT molecular complexity index is 459. The van der Waals surface area contributed by atoms with Crippen molar-refractivity contribution >= 4 is 5.91 Å². The standard InChI is InChI=1S/C17H27N3O/c1-13(14-5-9-18-10-6-14)19-15-7-11-20(12-8-15)16(21)17(2,3)4/h5-6,9-10,13,15,19H,7-8,11-12H2,1-4H3. The SMILES string of the molecule is CC(NC1CCN(C(=O)C(C)(C)C)CC1)c1ccncc1. The molecule has 21 heavy (non-hydrogen) atoms. The molecular formula is C17H27N3O. The van der Waals surface area contributed by atoms with Gasteiger partial charge in [-0.2, -0.15) is 0 Å². The third kappa shape index (κ3) is 4.27. The van der Waals surface area contributed by atoms with Gasteiger partial charge in [0.05, 0.1) is 0 Å². The van der Waals surface area contributed by atoms with Crippen molar-refractivity contribution in [2.75, 3.05) is 13.1 Å². The lowest BCUT2D eigenvalue weighted by Crippen LogP contribution is -2.48. The van der Waals surface area contributed by atoms with E-state index in [1.54, 1.807) is 0 Å². The predicted molar refractivity (Wildman–Crippen MR) is 84.8 cm³/mol.